The van der Waals surface area contributed by atoms with Gasteiger partial charge in [0.2, 0.25) is 0 Å². The van der Waals surface area contributed by atoms with Crippen molar-refractivity contribution in [3.8, 4) is 0 Å². The zero-order valence-electron chi connectivity index (χ0n) is 3.60. The van der Waals surface area contributed by atoms with Gasteiger partial charge in [0.25, 0.3) is 0 Å². The molecule has 0 saturated heterocycles. The van der Waals surface area contributed by atoms with Crippen LogP contribution >= 0.6 is 0 Å². The highest BCUT2D eigenvalue weighted by atomic mass is 19.1. The van der Waals surface area contributed by atoms with Crippen LogP contribution in [-0.2, 0) is 4.79 Å². The van der Waals surface area contributed by atoms with E-state index in [-0.39, 0.29) is 6.42 Å². The van der Waals surface area contributed by atoms with Crippen LogP contribution < -0.4 is 0 Å². The molecule has 1 aliphatic carbocycles. The first-order chi connectivity index (χ1) is 3.22. The van der Waals surface area contributed by atoms with Crippen LogP contribution in [0, 0.1) is 5.92 Å². The highest BCUT2D eigenvalue weighted by Crippen LogP contribution is 2.33. The van der Waals surface area contributed by atoms with Gasteiger partial charge in [-0.3, -0.25) is 4.79 Å². The monoisotopic (exact) mass is 104 g/mol. The van der Waals surface area contributed by atoms with E-state index in [1.54, 1.807) is 0 Å². The maximum Gasteiger partial charge on any atom is 0.309 e. The third kappa shape index (κ3) is 0.706. The highest BCUT2D eigenvalue weighted by molar-refractivity contribution is 5.73. The van der Waals surface area contributed by atoms with E-state index in [1.807, 2.05) is 0 Å². The lowest BCUT2D eigenvalue weighted by atomic mass is 10.4. The number of carboxylic acids is 1. The molecular formula is C4H5FO2. The number of hydrogen-bond donors (Lipinski definition) is 1. The second-order valence-corrected chi connectivity index (χ2v) is 1.70. The Morgan fingerprint density at radius 3 is 2.29 bits per heavy atom. The number of carboxylic acid groups (broad SMARTS) is 1. The average molecular weight is 104 g/mol. The van der Waals surface area contributed by atoms with Gasteiger partial charge >= 0.3 is 5.97 Å². The molecule has 40 valence electrons. The minimum atomic E-state index is -1.06. The van der Waals surface area contributed by atoms with Crippen molar-refractivity contribution in [2.45, 2.75) is 12.6 Å². The van der Waals surface area contributed by atoms with Crippen molar-refractivity contribution >= 4 is 5.97 Å². The molecule has 1 N–H and O–H groups in total. The van der Waals surface area contributed by atoms with Crippen LogP contribution in [0.2, 0.25) is 0 Å². The molecule has 1 rings (SSSR count). The fraction of sp³-hybridized carbons (Fsp3) is 0.750. The van der Waals surface area contributed by atoms with Crippen LogP contribution in [0.3, 0.4) is 0 Å². The van der Waals surface area contributed by atoms with Crippen molar-refractivity contribution in [2.75, 3.05) is 0 Å². The maximum absolute atomic E-state index is 11.6. The van der Waals surface area contributed by atoms with Crippen molar-refractivity contribution in [3.05, 3.63) is 0 Å². The predicted molar refractivity (Wildman–Crippen MR) is 20.6 cm³/mol. The minimum Gasteiger partial charge on any atom is -0.481 e. The Hall–Kier alpha value is -0.600. The number of alkyl halides is 1. The summed E-state index contributed by atoms with van der Waals surface area (Å²) in [4.78, 5) is 9.73. The molecule has 0 amide bonds. The lowest BCUT2D eigenvalue weighted by Crippen LogP contribution is -1.98. The van der Waals surface area contributed by atoms with Gasteiger partial charge in [0, 0.05) is 0 Å². The molecule has 1 fully saturated rings. The fourth-order valence-corrected chi connectivity index (χ4v) is 0.420. The van der Waals surface area contributed by atoms with Crippen LogP contribution in [0.5, 0.6) is 0 Å². The van der Waals surface area contributed by atoms with Gasteiger partial charge in [0.1, 0.15) is 6.17 Å². The summed E-state index contributed by atoms with van der Waals surface area (Å²) in [6, 6.07) is 0. The van der Waals surface area contributed by atoms with E-state index in [2.05, 4.69) is 0 Å². The van der Waals surface area contributed by atoms with E-state index in [1.165, 1.54) is 0 Å². The predicted octanol–water partition coefficient (Wildman–Crippen LogP) is 0.429. The van der Waals surface area contributed by atoms with Crippen LogP contribution in [0.25, 0.3) is 0 Å². The Balaban J connectivity index is 2.33. The summed E-state index contributed by atoms with van der Waals surface area (Å²) in [6.45, 7) is 0. The number of carbonyl (C=O) groups is 1. The molecule has 3 heteroatoms. The fourth-order valence-electron chi connectivity index (χ4n) is 0.420. The van der Waals surface area contributed by atoms with Crippen LogP contribution in [-0.4, -0.2) is 17.2 Å². The third-order valence-electron chi connectivity index (χ3n) is 1.03. The van der Waals surface area contributed by atoms with Crippen molar-refractivity contribution in [3.63, 3.8) is 0 Å². The van der Waals surface area contributed by atoms with E-state index < -0.39 is 18.1 Å². The minimum absolute atomic E-state index is 0.218. The molecule has 0 aliphatic heterocycles. The molecule has 0 radical (unpaired) electrons. The summed E-state index contributed by atoms with van der Waals surface area (Å²) in [7, 11) is 0. The maximum atomic E-state index is 11.6. The van der Waals surface area contributed by atoms with Gasteiger partial charge in [-0.2, -0.15) is 0 Å². The van der Waals surface area contributed by atoms with Gasteiger partial charge in [-0.15, -0.1) is 0 Å². The first-order valence-electron chi connectivity index (χ1n) is 2.08. The summed E-state index contributed by atoms with van der Waals surface area (Å²) in [5, 5.41) is 7.98. The SMILES string of the molecule is O=C(O)C1C[C@@H]1F. The summed E-state index contributed by atoms with van der Waals surface area (Å²) in [5.74, 6) is -1.69. The summed E-state index contributed by atoms with van der Waals surface area (Å²) >= 11 is 0. The van der Waals surface area contributed by atoms with Gasteiger partial charge in [-0.05, 0) is 6.42 Å². The molecule has 0 spiro atoms. The molecule has 1 saturated carbocycles. The second-order valence-electron chi connectivity index (χ2n) is 1.70. The van der Waals surface area contributed by atoms with E-state index in [0.717, 1.165) is 0 Å². The van der Waals surface area contributed by atoms with Crippen molar-refractivity contribution in [1.29, 1.82) is 0 Å². The molecular weight excluding hydrogens is 99.0 g/mol. The first kappa shape index (κ1) is 4.56. The van der Waals surface area contributed by atoms with E-state index in [4.69, 9.17) is 5.11 Å². The zero-order chi connectivity index (χ0) is 5.44. The summed E-state index contributed by atoms with van der Waals surface area (Å²) in [6.07, 6.45) is -0.840. The Labute approximate surface area is 39.9 Å². The Morgan fingerprint density at radius 2 is 2.29 bits per heavy atom. The van der Waals surface area contributed by atoms with Crippen LogP contribution in [0.4, 0.5) is 4.39 Å². The third-order valence-corrected chi connectivity index (χ3v) is 1.03. The van der Waals surface area contributed by atoms with E-state index in [0.29, 0.717) is 0 Å². The number of halogens is 1. The van der Waals surface area contributed by atoms with Crippen LogP contribution in [0.1, 0.15) is 6.42 Å². The molecule has 1 aliphatic rings. The normalized spacial score (nSPS) is 37.9. The first-order valence-corrected chi connectivity index (χ1v) is 2.08. The molecule has 0 aromatic heterocycles. The topological polar surface area (TPSA) is 37.3 Å². The number of aliphatic carboxylic acids is 1. The van der Waals surface area contributed by atoms with Crippen LogP contribution in [0.15, 0.2) is 0 Å². The summed E-state index contributed by atoms with van der Waals surface area (Å²) < 4.78 is 11.6. The molecule has 0 heterocycles. The van der Waals surface area contributed by atoms with Gasteiger partial charge in [-0.1, -0.05) is 0 Å². The Bertz CT molecular complexity index is 102. The smallest absolute Gasteiger partial charge is 0.309 e. The van der Waals surface area contributed by atoms with Crippen molar-refractivity contribution in [2.24, 2.45) is 5.92 Å². The van der Waals surface area contributed by atoms with Crippen molar-refractivity contribution in [1.82, 2.24) is 0 Å². The number of hydrogen-bond acceptors (Lipinski definition) is 1. The lowest BCUT2D eigenvalue weighted by molar-refractivity contribution is -0.138. The Kier molecular flexibility index (Phi) is 0.770. The quantitative estimate of drug-likeness (QED) is 0.523. The van der Waals surface area contributed by atoms with E-state index >= 15 is 0 Å². The average Bonchev–Trinajstić information content (AvgIpc) is 2.17. The lowest BCUT2D eigenvalue weighted by Gasteiger charge is -1.77. The van der Waals surface area contributed by atoms with Gasteiger partial charge in [0.15, 0.2) is 0 Å². The van der Waals surface area contributed by atoms with Gasteiger partial charge in [0.05, 0.1) is 5.92 Å². The van der Waals surface area contributed by atoms with Crippen molar-refractivity contribution < 1.29 is 14.3 Å². The second kappa shape index (κ2) is 1.18. The standard InChI is InChI=1S/C4H5FO2/c5-3-1-2(3)4(6)7/h2-3H,1H2,(H,6,7)/t2?,3-/m0/s1. The molecule has 2 atom stereocenters. The van der Waals surface area contributed by atoms with Gasteiger partial charge in [-0.25, -0.2) is 4.39 Å². The molecule has 2 nitrogen and oxygen atoms in total. The molecule has 0 bridgehead atoms. The Morgan fingerprint density at radius 1 is 1.86 bits per heavy atom. The number of rotatable bonds is 1. The largest absolute Gasteiger partial charge is 0.481 e. The molecule has 0 aromatic rings. The van der Waals surface area contributed by atoms with E-state index in [9.17, 15) is 9.18 Å². The molecule has 0 aromatic carbocycles. The summed E-state index contributed by atoms with van der Waals surface area (Å²) in [5.41, 5.74) is 0. The molecule has 1 unspecified atom stereocenters. The molecule has 7 heavy (non-hydrogen) atoms. The zero-order valence-corrected chi connectivity index (χ0v) is 3.60. The highest BCUT2D eigenvalue weighted by Gasteiger charge is 2.43. The van der Waals surface area contributed by atoms with Gasteiger partial charge < -0.3 is 5.11 Å².